The number of rotatable bonds is 4. The van der Waals surface area contributed by atoms with Gasteiger partial charge in [-0.1, -0.05) is 103 Å². The third kappa shape index (κ3) is 3.68. The molecule has 0 unspecified atom stereocenters. The predicted octanol–water partition coefficient (Wildman–Crippen LogP) is 8.72. The van der Waals surface area contributed by atoms with Crippen LogP contribution in [-0.4, -0.2) is 19.5 Å². The number of nitrogens with zero attached hydrogens (tertiary/aromatic N) is 4. The highest BCUT2D eigenvalue weighted by molar-refractivity contribution is 6.09. The molecule has 40 heavy (non-hydrogen) atoms. The lowest BCUT2D eigenvalue weighted by Crippen LogP contribution is -2.05. The molecule has 0 bridgehead atoms. The molecule has 0 saturated carbocycles. The van der Waals surface area contributed by atoms with Crippen molar-refractivity contribution in [3.05, 3.63) is 134 Å². The van der Waals surface area contributed by atoms with E-state index in [-0.39, 0.29) is 0 Å². The van der Waals surface area contributed by atoms with E-state index in [0.717, 1.165) is 55.1 Å². The molecule has 0 spiro atoms. The molecule has 5 nitrogen and oxygen atoms in total. The van der Waals surface area contributed by atoms with Crippen molar-refractivity contribution >= 4 is 32.8 Å². The normalized spacial score (nSPS) is 11.5. The molecule has 0 saturated heterocycles. The molecule has 0 amide bonds. The van der Waals surface area contributed by atoms with Crippen molar-refractivity contribution in [1.82, 2.24) is 19.5 Å². The monoisotopic (exact) mass is 514 g/mol. The van der Waals surface area contributed by atoms with E-state index >= 15 is 0 Å². The maximum absolute atomic E-state index is 6.30. The summed E-state index contributed by atoms with van der Waals surface area (Å²) < 4.78 is 8.33. The van der Waals surface area contributed by atoms with Crippen LogP contribution in [0.4, 0.5) is 0 Å². The SMILES string of the molecule is c1ccc(-c2nc(-c3ccccc3)nc(-n3ccc4cc(-c5cccc6c5oc5ccccc56)ccc43)n2)cc1. The third-order valence-electron chi connectivity index (χ3n) is 7.31. The Bertz CT molecular complexity index is 2100. The first kappa shape index (κ1) is 22.4. The van der Waals surface area contributed by atoms with E-state index < -0.39 is 0 Å². The molecular formula is C35H22N4O. The van der Waals surface area contributed by atoms with Crippen LogP contribution in [0.2, 0.25) is 0 Å². The van der Waals surface area contributed by atoms with Gasteiger partial charge >= 0.3 is 0 Å². The van der Waals surface area contributed by atoms with Crippen LogP contribution in [0.5, 0.6) is 0 Å². The van der Waals surface area contributed by atoms with Crippen molar-refractivity contribution < 1.29 is 4.42 Å². The number of para-hydroxylation sites is 2. The van der Waals surface area contributed by atoms with E-state index in [2.05, 4.69) is 48.5 Å². The van der Waals surface area contributed by atoms with Gasteiger partial charge in [0.15, 0.2) is 11.6 Å². The second-order valence-corrected chi connectivity index (χ2v) is 9.75. The van der Waals surface area contributed by atoms with Crippen LogP contribution in [0.15, 0.2) is 138 Å². The molecule has 188 valence electrons. The fourth-order valence-electron chi connectivity index (χ4n) is 5.36. The molecule has 5 heteroatoms. The zero-order valence-electron chi connectivity index (χ0n) is 21.4. The highest BCUT2D eigenvalue weighted by atomic mass is 16.3. The van der Waals surface area contributed by atoms with Gasteiger partial charge in [0.05, 0.1) is 5.52 Å². The van der Waals surface area contributed by atoms with Crippen molar-refractivity contribution in [3.63, 3.8) is 0 Å². The van der Waals surface area contributed by atoms with Crippen LogP contribution < -0.4 is 0 Å². The van der Waals surface area contributed by atoms with E-state index in [1.165, 1.54) is 0 Å². The summed E-state index contributed by atoms with van der Waals surface area (Å²) in [5.74, 6) is 1.86. The standard InChI is InChI=1S/C35H22N4O/c1-3-10-23(11-4-1)33-36-34(24-12-5-2-6-13-24)38-35(37-33)39-21-20-26-22-25(18-19-30(26)39)27-15-9-16-29-28-14-7-8-17-31(28)40-32(27)29/h1-22H. The van der Waals surface area contributed by atoms with Gasteiger partial charge in [-0.3, -0.25) is 4.57 Å². The summed E-state index contributed by atoms with van der Waals surface area (Å²) in [4.78, 5) is 14.6. The summed E-state index contributed by atoms with van der Waals surface area (Å²) in [6.45, 7) is 0. The summed E-state index contributed by atoms with van der Waals surface area (Å²) >= 11 is 0. The molecule has 0 radical (unpaired) electrons. The third-order valence-corrected chi connectivity index (χ3v) is 7.31. The van der Waals surface area contributed by atoms with Gasteiger partial charge in [0.25, 0.3) is 0 Å². The number of furan rings is 1. The molecular weight excluding hydrogens is 492 g/mol. The summed E-state index contributed by atoms with van der Waals surface area (Å²) in [6.07, 6.45) is 2.02. The minimum atomic E-state index is 0.579. The summed E-state index contributed by atoms with van der Waals surface area (Å²) in [7, 11) is 0. The summed E-state index contributed by atoms with van der Waals surface area (Å²) in [6, 6.07) is 43.1. The molecule has 0 fully saturated rings. The average Bonchev–Trinajstić information content (AvgIpc) is 3.63. The maximum atomic E-state index is 6.30. The maximum Gasteiger partial charge on any atom is 0.238 e. The van der Waals surface area contributed by atoms with E-state index in [0.29, 0.717) is 17.6 Å². The molecule has 0 aliphatic carbocycles. The minimum absolute atomic E-state index is 0.579. The molecule has 8 rings (SSSR count). The fourth-order valence-corrected chi connectivity index (χ4v) is 5.36. The number of aromatic nitrogens is 4. The Hall–Kier alpha value is -5.55. The Morgan fingerprint density at radius 2 is 1.20 bits per heavy atom. The molecule has 0 aliphatic rings. The first-order valence-electron chi connectivity index (χ1n) is 13.2. The average molecular weight is 515 g/mol. The van der Waals surface area contributed by atoms with Gasteiger partial charge in [-0.15, -0.1) is 0 Å². The second-order valence-electron chi connectivity index (χ2n) is 9.75. The minimum Gasteiger partial charge on any atom is -0.455 e. The zero-order valence-corrected chi connectivity index (χ0v) is 21.4. The Labute approximate surface area is 230 Å². The highest BCUT2D eigenvalue weighted by Gasteiger charge is 2.16. The molecule has 0 aliphatic heterocycles. The Morgan fingerprint density at radius 3 is 1.95 bits per heavy atom. The van der Waals surface area contributed by atoms with Gasteiger partial charge in [0, 0.05) is 39.0 Å². The van der Waals surface area contributed by atoms with E-state index in [4.69, 9.17) is 19.4 Å². The number of hydrogen-bond acceptors (Lipinski definition) is 4. The van der Waals surface area contributed by atoms with Crippen LogP contribution in [0.25, 0.3) is 72.7 Å². The Balaban J connectivity index is 1.27. The van der Waals surface area contributed by atoms with Gasteiger partial charge in [0.1, 0.15) is 11.2 Å². The van der Waals surface area contributed by atoms with E-state index in [1.54, 1.807) is 0 Å². The quantitative estimate of drug-likeness (QED) is 0.236. The van der Waals surface area contributed by atoms with Crippen molar-refractivity contribution in [1.29, 1.82) is 0 Å². The van der Waals surface area contributed by atoms with Gasteiger partial charge < -0.3 is 4.42 Å². The lowest BCUT2D eigenvalue weighted by atomic mass is 10.0. The Morgan fingerprint density at radius 1 is 0.525 bits per heavy atom. The van der Waals surface area contributed by atoms with Crippen molar-refractivity contribution in [3.8, 4) is 39.9 Å². The topological polar surface area (TPSA) is 56.7 Å². The lowest BCUT2D eigenvalue weighted by Gasteiger charge is -2.10. The van der Waals surface area contributed by atoms with Gasteiger partial charge in [0.2, 0.25) is 5.95 Å². The summed E-state index contributed by atoms with van der Waals surface area (Å²) in [5, 5.41) is 3.34. The zero-order chi connectivity index (χ0) is 26.5. The van der Waals surface area contributed by atoms with Crippen LogP contribution in [-0.2, 0) is 0 Å². The van der Waals surface area contributed by atoms with Crippen LogP contribution in [0, 0.1) is 0 Å². The fraction of sp³-hybridized carbons (Fsp3) is 0. The van der Waals surface area contributed by atoms with Crippen LogP contribution >= 0.6 is 0 Å². The molecule has 5 aromatic carbocycles. The van der Waals surface area contributed by atoms with Crippen LogP contribution in [0.3, 0.4) is 0 Å². The number of hydrogen-bond donors (Lipinski definition) is 0. The molecule has 0 N–H and O–H groups in total. The smallest absolute Gasteiger partial charge is 0.238 e. The molecule has 8 aromatic rings. The first-order chi connectivity index (χ1) is 19.8. The first-order valence-corrected chi connectivity index (χ1v) is 13.2. The van der Waals surface area contributed by atoms with E-state index in [1.807, 2.05) is 89.6 Å². The second kappa shape index (κ2) is 9.03. The number of benzene rings is 5. The molecule has 0 atom stereocenters. The predicted molar refractivity (Wildman–Crippen MR) is 160 cm³/mol. The molecule has 3 aromatic heterocycles. The van der Waals surface area contributed by atoms with Crippen molar-refractivity contribution in [2.24, 2.45) is 0 Å². The molecule has 3 heterocycles. The largest absolute Gasteiger partial charge is 0.455 e. The van der Waals surface area contributed by atoms with Gasteiger partial charge in [-0.2, -0.15) is 9.97 Å². The van der Waals surface area contributed by atoms with E-state index in [9.17, 15) is 0 Å². The summed E-state index contributed by atoms with van der Waals surface area (Å²) in [5.41, 5.74) is 6.88. The van der Waals surface area contributed by atoms with Crippen molar-refractivity contribution in [2.75, 3.05) is 0 Å². The highest BCUT2D eigenvalue weighted by Crippen LogP contribution is 2.37. The lowest BCUT2D eigenvalue weighted by molar-refractivity contribution is 0.670. The van der Waals surface area contributed by atoms with Crippen molar-refractivity contribution in [2.45, 2.75) is 0 Å². The van der Waals surface area contributed by atoms with Crippen LogP contribution in [0.1, 0.15) is 0 Å². The number of fused-ring (bicyclic) bond motifs is 4. The Kier molecular flexibility index (Phi) is 5.07. The van der Waals surface area contributed by atoms with Gasteiger partial charge in [-0.05, 0) is 29.8 Å². The van der Waals surface area contributed by atoms with Gasteiger partial charge in [-0.25, -0.2) is 4.98 Å².